The fraction of sp³-hybridized carbons (Fsp3) is 0.727. The summed E-state index contributed by atoms with van der Waals surface area (Å²) in [6, 6.07) is -0.478. The molecule has 1 atom stereocenters. The van der Waals surface area contributed by atoms with Gasteiger partial charge in [0, 0.05) is 13.1 Å². The SMILES string of the molecule is O=C1CNC(C(=O)NCC2(C(=O)O)CCC2)CN1. The van der Waals surface area contributed by atoms with E-state index < -0.39 is 17.4 Å². The summed E-state index contributed by atoms with van der Waals surface area (Å²) in [5.41, 5.74) is -0.784. The number of carbonyl (C=O) groups is 3. The summed E-state index contributed by atoms with van der Waals surface area (Å²) in [5.74, 6) is -1.25. The van der Waals surface area contributed by atoms with Gasteiger partial charge in [0.1, 0.15) is 6.04 Å². The summed E-state index contributed by atoms with van der Waals surface area (Å²) in [5, 5.41) is 17.2. The molecular formula is C11H17N3O4. The Kier molecular flexibility index (Phi) is 3.51. The minimum Gasteiger partial charge on any atom is -0.481 e. The number of nitrogens with one attached hydrogen (secondary N) is 3. The first-order chi connectivity index (χ1) is 8.53. The van der Waals surface area contributed by atoms with Crippen LogP contribution in [0.2, 0.25) is 0 Å². The molecule has 2 aliphatic rings. The van der Waals surface area contributed by atoms with Gasteiger partial charge in [-0.2, -0.15) is 0 Å². The lowest BCUT2D eigenvalue weighted by Gasteiger charge is -2.38. The highest BCUT2D eigenvalue weighted by atomic mass is 16.4. The van der Waals surface area contributed by atoms with Crippen LogP contribution in [-0.2, 0) is 14.4 Å². The summed E-state index contributed by atoms with van der Waals surface area (Å²) in [4.78, 5) is 33.8. The Balaban J connectivity index is 1.81. The van der Waals surface area contributed by atoms with Crippen LogP contribution >= 0.6 is 0 Å². The van der Waals surface area contributed by atoms with Crippen LogP contribution in [0.15, 0.2) is 0 Å². The first kappa shape index (κ1) is 12.8. The van der Waals surface area contributed by atoms with E-state index in [9.17, 15) is 14.4 Å². The minimum absolute atomic E-state index is 0.113. The highest BCUT2D eigenvalue weighted by molar-refractivity contribution is 5.87. The lowest BCUT2D eigenvalue weighted by molar-refractivity contribution is -0.154. The zero-order valence-electron chi connectivity index (χ0n) is 9.99. The van der Waals surface area contributed by atoms with E-state index in [1.807, 2.05) is 0 Å². The summed E-state index contributed by atoms with van der Waals surface area (Å²) in [6.45, 7) is 0.514. The monoisotopic (exact) mass is 255 g/mol. The molecule has 100 valence electrons. The largest absolute Gasteiger partial charge is 0.481 e. The average Bonchev–Trinajstić information content (AvgIpc) is 2.27. The number of hydrogen-bond donors (Lipinski definition) is 4. The minimum atomic E-state index is -0.848. The molecule has 0 bridgehead atoms. The maximum Gasteiger partial charge on any atom is 0.311 e. The zero-order valence-corrected chi connectivity index (χ0v) is 9.99. The van der Waals surface area contributed by atoms with Gasteiger partial charge in [-0.05, 0) is 12.8 Å². The Morgan fingerprint density at radius 3 is 2.61 bits per heavy atom. The van der Waals surface area contributed by atoms with Crippen molar-refractivity contribution in [2.75, 3.05) is 19.6 Å². The fourth-order valence-electron chi connectivity index (χ4n) is 2.20. The molecule has 0 radical (unpaired) electrons. The molecule has 0 aromatic heterocycles. The lowest BCUT2D eigenvalue weighted by atomic mass is 9.69. The van der Waals surface area contributed by atoms with Crippen molar-refractivity contribution in [3.63, 3.8) is 0 Å². The second kappa shape index (κ2) is 4.93. The van der Waals surface area contributed by atoms with Crippen LogP contribution in [0.1, 0.15) is 19.3 Å². The van der Waals surface area contributed by atoms with E-state index in [0.29, 0.717) is 12.8 Å². The highest BCUT2D eigenvalue weighted by Crippen LogP contribution is 2.40. The maximum absolute atomic E-state index is 11.8. The first-order valence-electron chi connectivity index (χ1n) is 6.05. The van der Waals surface area contributed by atoms with Crippen molar-refractivity contribution in [2.45, 2.75) is 25.3 Å². The topological polar surface area (TPSA) is 108 Å². The Bertz CT molecular complexity index is 368. The number of aliphatic carboxylic acids is 1. The molecule has 2 rings (SSSR count). The summed E-state index contributed by atoms with van der Waals surface area (Å²) < 4.78 is 0. The molecule has 1 aliphatic carbocycles. The van der Waals surface area contributed by atoms with Gasteiger partial charge < -0.3 is 15.7 Å². The standard InChI is InChI=1S/C11H17N3O4/c15-8-5-12-7(4-13-8)9(16)14-6-11(10(17)18)2-1-3-11/h7,12H,1-6H2,(H,13,15)(H,14,16)(H,17,18). The van der Waals surface area contributed by atoms with Crippen LogP contribution in [0.3, 0.4) is 0 Å². The summed E-state index contributed by atoms with van der Waals surface area (Å²) in [6.07, 6.45) is 2.11. The number of hydrogen-bond acceptors (Lipinski definition) is 4. The molecule has 7 heteroatoms. The van der Waals surface area contributed by atoms with E-state index in [-0.39, 0.29) is 31.4 Å². The molecular weight excluding hydrogens is 238 g/mol. The van der Waals surface area contributed by atoms with E-state index in [0.717, 1.165) is 6.42 Å². The number of piperazine rings is 1. The predicted octanol–water partition coefficient (Wildman–Crippen LogP) is -1.55. The summed E-state index contributed by atoms with van der Waals surface area (Å²) >= 11 is 0. The third-order valence-corrected chi connectivity index (χ3v) is 3.69. The summed E-state index contributed by atoms with van der Waals surface area (Å²) in [7, 11) is 0. The molecule has 1 aliphatic heterocycles. The Hall–Kier alpha value is -1.63. The molecule has 18 heavy (non-hydrogen) atoms. The molecule has 0 aromatic rings. The van der Waals surface area contributed by atoms with Gasteiger partial charge in [0.05, 0.1) is 12.0 Å². The molecule has 0 aromatic carbocycles. The van der Waals surface area contributed by atoms with E-state index in [2.05, 4.69) is 16.0 Å². The van der Waals surface area contributed by atoms with Gasteiger partial charge in [-0.25, -0.2) is 0 Å². The molecule has 1 heterocycles. The van der Waals surface area contributed by atoms with Gasteiger partial charge in [0.15, 0.2) is 0 Å². The van der Waals surface area contributed by atoms with Gasteiger partial charge >= 0.3 is 5.97 Å². The van der Waals surface area contributed by atoms with Gasteiger partial charge in [0.25, 0.3) is 0 Å². The van der Waals surface area contributed by atoms with Crippen LogP contribution in [0, 0.1) is 5.41 Å². The van der Waals surface area contributed by atoms with Gasteiger partial charge in [-0.3, -0.25) is 19.7 Å². The number of carbonyl (C=O) groups excluding carboxylic acids is 2. The molecule has 1 saturated heterocycles. The van der Waals surface area contributed by atoms with Gasteiger partial charge in [-0.1, -0.05) is 6.42 Å². The molecule has 7 nitrogen and oxygen atoms in total. The van der Waals surface area contributed by atoms with E-state index >= 15 is 0 Å². The Morgan fingerprint density at radius 1 is 1.44 bits per heavy atom. The number of amides is 2. The first-order valence-corrected chi connectivity index (χ1v) is 6.05. The second-order valence-electron chi connectivity index (χ2n) is 4.89. The van der Waals surface area contributed by atoms with Crippen LogP contribution in [-0.4, -0.2) is 48.6 Å². The maximum atomic E-state index is 11.8. The molecule has 2 fully saturated rings. The number of carboxylic acids is 1. The van der Waals surface area contributed by atoms with E-state index in [4.69, 9.17) is 5.11 Å². The van der Waals surface area contributed by atoms with Crippen LogP contribution in [0.5, 0.6) is 0 Å². The van der Waals surface area contributed by atoms with E-state index in [1.165, 1.54) is 0 Å². The van der Waals surface area contributed by atoms with Gasteiger partial charge in [-0.15, -0.1) is 0 Å². The zero-order chi connectivity index (χ0) is 13.2. The Labute approximate surface area is 104 Å². The van der Waals surface area contributed by atoms with Crippen molar-refractivity contribution in [1.29, 1.82) is 0 Å². The van der Waals surface area contributed by atoms with Gasteiger partial charge in [0.2, 0.25) is 11.8 Å². The molecule has 1 unspecified atom stereocenters. The molecule has 0 spiro atoms. The number of rotatable bonds is 4. The highest BCUT2D eigenvalue weighted by Gasteiger charge is 2.44. The quantitative estimate of drug-likeness (QED) is 0.486. The van der Waals surface area contributed by atoms with Crippen molar-refractivity contribution in [2.24, 2.45) is 5.41 Å². The van der Waals surface area contributed by atoms with Crippen molar-refractivity contribution in [3.05, 3.63) is 0 Å². The van der Waals surface area contributed by atoms with Crippen molar-refractivity contribution < 1.29 is 19.5 Å². The lowest BCUT2D eigenvalue weighted by Crippen LogP contribution is -2.59. The predicted molar refractivity (Wildman–Crippen MR) is 61.7 cm³/mol. The van der Waals surface area contributed by atoms with E-state index in [1.54, 1.807) is 0 Å². The second-order valence-corrected chi connectivity index (χ2v) is 4.89. The van der Waals surface area contributed by atoms with Crippen molar-refractivity contribution >= 4 is 17.8 Å². The number of carboxylic acid groups (broad SMARTS) is 1. The third-order valence-electron chi connectivity index (χ3n) is 3.69. The van der Waals surface area contributed by atoms with Crippen LogP contribution in [0.25, 0.3) is 0 Å². The fourth-order valence-corrected chi connectivity index (χ4v) is 2.20. The molecule has 2 amide bonds. The van der Waals surface area contributed by atoms with Crippen molar-refractivity contribution in [1.82, 2.24) is 16.0 Å². The van der Waals surface area contributed by atoms with Crippen molar-refractivity contribution in [3.8, 4) is 0 Å². The normalized spacial score (nSPS) is 25.8. The molecule has 1 saturated carbocycles. The van der Waals surface area contributed by atoms with Crippen LogP contribution in [0.4, 0.5) is 0 Å². The van der Waals surface area contributed by atoms with Crippen LogP contribution < -0.4 is 16.0 Å². The molecule has 4 N–H and O–H groups in total. The smallest absolute Gasteiger partial charge is 0.311 e. The Morgan fingerprint density at radius 2 is 2.17 bits per heavy atom. The average molecular weight is 255 g/mol. The third kappa shape index (κ3) is 2.45.